The third-order valence-corrected chi connectivity index (χ3v) is 3.80. The van der Waals surface area contributed by atoms with Crippen LogP contribution in [0.1, 0.15) is 13.3 Å². The largest absolute Gasteiger partial charge is 0.386 e. The third-order valence-electron chi connectivity index (χ3n) is 3.80. The van der Waals surface area contributed by atoms with Crippen LogP contribution in [-0.2, 0) is 4.79 Å². The number of nitrogens with zero attached hydrogens (tertiary/aromatic N) is 1. The molecule has 4 nitrogen and oxygen atoms in total. The van der Waals surface area contributed by atoms with Crippen LogP contribution in [0, 0.1) is 11.8 Å². The number of nitrogens with one attached hydrogen (secondary N) is 1. The summed E-state index contributed by atoms with van der Waals surface area (Å²) in [5.74, 6) is 1.03. The lowest BCUT2D eigenvalue weighted by atomic mass is 9.72. The second-order valence-electron chi connectivity index (χ2n) is 5.23. The average molecular weight is 196 g/mol. The van der Waals surface area contributed by atoms with Crippen molar-refractivity contribution in [3.05, 3.63) is 0 Å². The molecule has 4 aliphatic rings. The molecule has 3 unspecified atom stereocenters. The fourth-order valence-electron chi connectivity index (χ4n) is 2.99. The highest BCUT2D eigenvalue weighted by atomic mass is 16.3. The Morgan fingerprint density at radius 3 is 2.71 bits per heavy atom. The molecule has 3 saturated heterocycles. The van der Waals surface area contributed by atoms with Crippen molar-refractivity contribution in [2.24, 2.45) is 11.8 Å². The molecule has 4 rings (SSSR count). The number of hydrogen-bond donors (Lipinski definition) is 2. The molecule has 4 heteroatoms. The molecule has 1 aliphatic carbocycles. The van der Waals surface area contributed by atoms with Crippen molar-refractivity contribution in [2.75, 3.05) is 19.6 Å². The van der Waals surface area contributed by atoms with E-state index in [-0.39, 0.29) is 11.8 Å². The molecule has 4 fully saturated rings. The van der Waals surface area contributed by atoms with E-state index in [1.165, 1.54) is 6.42 Å². The van der Waals surface area contributed by atoms with Gasteiger partial charge in [0.05, 0.1) is 24.6 Å². The van der Waals surface area contributed by atoms with Gasteiger partial charge in [0.25, 0.3) is 0 Å². The van der Waals surface area contributed by atoms with Crippen LogP contribution in [0.25, 0.3) is 0 Å². The lowest BCUT2D eigenvalue weighted by Gasteiger charge is -2.48. The van der Waals surface area contributed by atoms with Crippen molar-refractivity contribution in [3.8, 4) is 0 Å². The summed E-state index contributed by atoms with van der Waals surface area (Å²) in [4.78, 5) is 13.7. The van der Waals surface area contributed by atoms with Crippen LogP contribution >= 0.6 is 0 Å². The number of aliphatic hydroxyl groups is 1. The highest BCUT2D eigenvalue weighted by molar-refractivity contribution is 5.82. The van der Waals surface area contributed by atoms with E-state index in [4.69, 9.17) is 0 Å². The summed E-state index contributed by atoms with van der Waals surface area (Å²) in [6.45, 7) is 3.82. The van der Waals surface area contributed by atoms with Crippen molar-refractivity contribution in [3.63, 3.8) is 0 Å². The highest BCUT2D eigenvalue weighted by Crippen LogP contribution is 2.42. The van der Waals surface area contributed by atoms with Gasteiger partial charge >= 0.3 is 0 Å². The molecule has 14 heavy (non-hydrogen) atoms. The van der Waals surface area contributed by atoms with Crippen molar-refractivity contribution in [2.45, 2.75) is 25.0 Å². The van der Waals surface area contributed by atoms with Gasteiger partial charge in [0, 0.05) is 6.04 Å². The van der Waals surface area contributed by atoms with Gasteiger partial charge in [-0.25, -0.2) is 0 Å². The Morgan fingerprint density at radius 1 is 1.57 bits per heavy atom. The number of fused-ring (bicyclic) bond motifs is 1. The van der Waals surface area contributed by atoms with Gasteiger partial charge in [0.2, 0.25) is 5.91 Å². The van der Waals surface area contributed by atoms with Gasteiger partial charge in [0.15, 0.2) is 0 Å². The molecule has 2 N–H and O–H groups in total. The fraction of sp³-hybridized carbons (Fsp3) is 0.900. The van der Waals surface area contributed by atoms with E-state index in [2.05, 4.69) is 5.32 Å². The van der Waals surface area contributed by atoms with Crippen LogP contribution in [0.3, 0.4) is 0 Å². The molecule has 0 spiro atoms. The van der Waals surface area contributed by atoms with E-state index in [9.17, 15) is 9.90 Å². The van der Waals surface area contributed by atoms with Crippen LogP contribution in [0.4, 0.5) is 0 Å². The topological polar surface area (TPSA) is 52.6 Å². The Bertz CT molecular complexity index is 268. The summed E-state index contributed by atoms with van der Waals surface area (Å²) < 4.78 is 0. The quantitative estimate of drug-likeness (QED) is 0.576. The minimum atomic E-state index is -0.633. The van der Waals surface area contributed by atoms with Gasteiger partial charge in [-0.15, -0.1) is 0 Å². The number of β-amino-alcohol motifs (C(OH)–C–C–N with tert-alkyl or cyclic N) is 1. The smallest absolute Gasteiger partial charge is 0.227 e. The normalized spacial score (nSPS) is 43.0. The van der Waals surface area contributed by atoms with Crippen molar-refractivity contribution >= 4 is 5.91 Å². The van der Waals surface area contributed by atoms with E-state index in [1.54, 1.807) is 11.8 Å². The van der Waals surface area contributed by atoms with Crippen molar-refractivity contribution < 1.29 is 9.90 Å². The molecule has 3 aliphatic heterocycles. The number of rotatable bonds is 1. The Morgan fingerprint density at radius 2 is 2.29 bits per heavy atom. The second-order valence-corrected chi connectivity index (χ2v) is 5.23. The number of likely N-dealkylation sites (tertiary alicyclic amines) is 1. The van der Waals surface area contributed by atoms with E-state index < -0.39 is 5.60 Å². The SMILES string of the molecule is CC1(O)CN(C(=O)C2C3CNC2C3)C1. The summed E-state index contributed by atoms with van der Waals surface area (Å²) in [6, 6.07) is 0.429. The second kappa shape index (κ2) is 2.49. The molecule has 3 heterocycles. The molecule has 0 aromatic heterocycles. The molecule has 0 radical (unpaired) electrons. The summed E-state index contributed by atoms with van der Waals surface area (Å²) >= 11 is 0. The molecule has 0 aromatic rings. The van der Waals surface area contributed by atoms with Crippen molar-refractivity contribution in [1.82, 2.24) is 10.2 Å². The third kappa shape index (κ3) is 1.04. The summed E-state index contributed by atoms with van der Waals surface area (Å²) in [6.07, 6.45) is 1.17. The van der Waals surface area contributed by atoms with Gasteiger partial charge < -0.3 is 15.3 Å². The van der Waals surface area contributed by atoms with Crippen LogP contribution in [0.5, 0.6) is 0 Å². The zero-order valence-corrected chi connectivity index (χ0v) is 8.36. The molecule has 1 saturated carbocycles. The minimum absolute atomic E-state index is 0.214. The molecule has 2 bridgehead atoms. The lowest BCUT2D eigenvalue weighted by molar-refractivity contribution is -0.161. The van der Waals surface area contributed by atoms with Gasteiger partial charge in [0.1, 0.15) is 0 Å². The highest BCUT2D eigenvalue weighted by Gasteiger charge is 2.54. The first-order valence-electron chi connectivity index (χ1n) is 5.31. The Labute approximate surface area is 83.3 Å². The summed E-state index contributed by atoms with van der Waals surface area (Å²) in [5, 5.41) is 12.9. The van der Waals surface area contributed by atoms with Gasteiger partial charge in [-0.2, -0.15) is 0 Å². The average Bonchev–Trinajstić information content (AvgIpc) is 2.58. The predicted molar refractivity (Wildman–Crippen MR) is 50.6 cm³/mol. The first-order valence-corrected chi connectivity index (χ1v) is 5.31. The first kappa shape index (κ1) is 8.68. The van der Waals surface area contributed by atoms with Crippen LogP contribution in [0.15, 0.2) is 0 Å². The van der Waals surface area contributed by atoms with Gasteiger partial charge in [-0.1, -0.05) is 0 Å². The molecule has 3 atom stereocenters. The maximum Gasteiger partial charge on any atom is 0.227 e. The van der Waals surface area contributed by atoms with Gasteiger partial charge in [-0.05, 0) is 25.8 Å². The zero-order valence-electron chi connectivity index (χ0n) is 8.36. The van der Waals surface area contributed by atoms with Crippen LogP contribution in [-0.4, -0.2) is 47.2 Å². The maximum atomic E-state index is 11.9. The molecule has 0 aromatic carbocycles. The molecule has 1 amide bonds. The van der Waals surface area contributed by atoms with E-state index in [0.29, 0.717) is 25.0 Å². The number of carbonyl (C=O) groups is 1. The minimum Gasteiger partial charge on any atom is -0.386 e. The Hall–Kier alpha value is -0.610. The van der Waals surface area contributed by atoms with Gasteiger partial charge in [-0.3, -0.25) is 4.79 Å². The van der Waals surface area contributed by atoms with E-state index in [1.807, 2.05) is 0 Å². The molecular formula is C10H16N2O2. The van der Waals surface area contributed by atoms with E-state index >= 15 is 0 Å². The van der Waals surface area contributed by atoms with E-state index in [0.717, 1.165) is 6.54 Å². The zero-order chi connectivity index (χ0) is 9.92. The van der Waals surface area contributed by atoms with Crippen molar-refractivity contribution in [1.29, 1.82) is 0 Å². The summed E-state index contributed by atoms with van der Waals surface area (Å²) in [5.41, 5.74) is -0.633. The lowest BCUT2D eigenvalue weighted by Crippen LogP contribution is -2.65. The number of carbonyl (C=O) groups excluding carboxylic acids is 1. The summed E-state index contributed by atoms with van der Waals surface area (Å²) in [7, 11) is 0. The predicted octanol–water partition coefficient (Wildman–Crippen LogP) is -0.812. The maximum absolute atomic E-state index is 11.9. The molecule has 78 valence electrons. The molecular weight excluding hydrogens is 180 g/mol. The van der Waals surface area contributed by atoms with Crippen LogP contribution in [0.2, 0.25) is 0 Å². The number of hydrogen-bond acceptors (Lipinski definition) is 3. The monoisotopic (exact) mass is 196 g/mol. The van der Waals surface area contributed by atoms with Crippen LogP contribution < -0.4 is 5.32 Å². The standard InChI is InChI=1S/C10H16N2O2/c1-10(14)4-12(5-10)9(13)8-6-2-7(8)11-3-6/h6-8,11,14H,2-5H2,1H3. The Balaban J connectivity index is 1.62. The first-order chi connectivity index (χ1) is 6.57. The Kier molecular flexibility index (Phi) is 1.55. The fourth-order valence-corrected chi connectivity index (χ4v) is 2.99. The number of amides is 1.